The second-order valence-electron chi connectivity index (χ2n) is 4.13. The van der Waals surface area contributed by atoms with Crippen molar-refractivity contribution in [1.29, 1.82) is 0 Å². The second-order valence-corrected chi connectivity index (χ2v) is 4.13. The van der Waals surface area contributed by atoms with Crippen LogP contribution in [-0.2, 0) is 11.2 Å². The molecule has 1 heterocycles. The molecule has 1 aromatic carbocycles. The lowest BCUT2D eigenvalue weighted by Gasteiger charge is -2.19. The molecule has 1 aromatic rings. The van der Waals surface area contributed by atoms with Gasteiger partial charge in [-0.05, 0) is 23.3 Å². The molecule has 0 radical (unpaired) electrons. The number of aromatic hydroxyl groups is 1. The van der Waals surface area contributed by atoms with Gasteiger partial charge in [-0.15, -0.1) is 0 Å². The van der Waals surface area contributed by atoms with Crippen LogP contribution < -0.4 is 0 Å². The van der Waals surface area contributed by atoms with Gasteiger partial charge in [0.05, 0.1) is 11.4 Å². The number of nitrogens with zero attached hydrogens (tertiary/aromatic N) is 1. The highest BCUT2D eigenvalue weighted by Crippen LogP contribution is 2.34. The van der Waals surface area contributed by atoms with E-state index in [0.29, 0.717) is 29.0 Å². The highest BCUT2D eigenvalue weighted by molar-refractivity contribution is 6.22. The number of hydrogen-bond acceptors (Lipinski definition) is 3. The molecule has 3 nitrogen and oxygen atoms in total. The van der Waals surface area contributed by atoms with Gasteiger partial charge in [-0.2, -0.15) is 0 Å². The molecular weight excluding hydrogens is 240 g/mol. The molecule has 0 amide bonds. The van der Waals surface area contributed by atoms with Crippen molar-refractivity contribution in [2.75, 3.05) is 0 Å². The van der Waals surface area contributed by atoms with Gasteiger partial charge in [0.25, 0.3) is 0 Å². The predicted molar refractivity (Wildman–Crippen MR) is 61.1 cm³/mol. The van der Waals surface area contributed by atoms with Gasteiger partial charge in [-0.3, -0.25) is 4.79 Å². The zero-order valence-electron chi connectivity index (χ0n) is 9.08. The standard InChI is InChI=1S/C13H7F2NO2/c14-8-4-10-6(2-12(8)17)1-7-3-13(18)9(15)5-11(7)16-10/h2-5,17H,1H2. The number of aliphatic imine (C=N–C) groups is 1. The molecule has 5 heteroatoms. The van der Waals surface area contributed by atoms with E-state index < -0.39 is 23.2 Å². The summed E-state index contributed by atoms with van der Waals surface area (Å²) in [5, 5.41) is 9.28. The Kier molecular flexibility index (Phi) is 2.16. The number of ketones is 1. The average molecular weight is 247 g/mol. The number of benzene rings is 1. The van der Waals surface area contributed by atoms with Crippen molar-refractivity contribution in [2.45, 2.75) is 6.42 Å². The highest BCUT2D eigenvalue weighted by atomic mass is 19.1. The number of hydrogen-bond donors (Lipinski definition) is 1. The summed E-state index contributed by atoms with van der Waals surface area (Å²) in [6, 6.07) is 2.36. The minimum absolute atomic E-state index is 0.317. The molecule has 18 heavy (non-hydrogen) atoms. The summed E-state index contributed by atoms with van der Waals surface area (Å²) >= 11 is 0. The van der Waals surface area contributed by atoms with Gasteiger partial charge in [0.2, 0.25) is 5.78 Å². The molecule has 1 N–H and O–H groups in total. The van der Waals surface area contributed by atoms with Crippen molar-refractivity contribution in [3.8, 4) is 5.75 Å². The third-order valence-electron chi connectivity index (χ3n) is 2.90. The van der Waals surface area contributed by atoms with Gasteiger partial charge >= 0.3 is 0 Å². The summed E-state index contributed by atoms with van der Waals surface area (Å²) in [6.07, 6.45) is 2.54. The van der Waals surface area contributed by atoms with Gasteiger partial charge < -0.3 is 5.11 Å². The van der Waals surface area contributed by atoms with Crippen molar-refractivity contribution in [3.63, 3.8) is 0 Å². The van der Waals surface area contributed by atoms with Crippen molar-refractivity contribution >= 4 is 17.2 Å². The Morgan fingerprint density at radius 2 is 2.00 bits per heavy atom. The Bertz CT molecular complexity index is 672. The van der Waals surface area contributed by atoms with Crippen LogP contribution in [0.2, 0.25) is 0 Å². The van der Waals surface area contributed by atoms with Gasteiger partial charge in [0.1, 0.15) is 0 Å². The molecule has 0 aromatic heterocycles. The van der Waals surface area contributed by atoms with E-state index in [1.165, 1.54) is 12.1 Å². The minimum atomic E-state index is -0.875. The van der Waals surface area contributed by atoms with Crippen LogP contribution in [0.3, 0.4) is 0 Å². The number of carbonyl (C=O) groups is 1. The maximum absolute atomic E-state index is 13.2. The molecule has 0 fully saturated rings. The lowest BCUT2D eigenvalue weighted by molar-refractivity contribution is -0.112. The molecule has 0 atom stereocenters. The normalized spacial score (nSPS) is 17.4. The van der Waals surface area contributed by atoms with Gasteiger partial charge in [-0.1, -0.05) is 0 Å². The number of fused-ring (bicyclic) bond motifs is 2. The van der Waals surface area contributed by atoms with Crippen molar-refractivity contribution < 1.29 is 18.7 Å². The highest BCUT2D eigenvalue weighted by Gasteiger charge is 2.24. The topological polar surface area (TPSA) is 49.7 Å². The molecule has 1 aliphatic carbocycles. The molecule has 0 saturated heterocycles. The number of carbonyl (C=O) groups excluding carboxylic acids is 1. The number of phenols is 1. The fourth-order valence-corrected chi connectivity index (χ4v) is 2.01. The lowest BCUT2D eigenvalue weighted by Crippen LogP contribution is -2.15. The Balaban J connectivity index is 2.17. The fraction of sp³-hybridized carbons (Fsp3) is 0.0769. The minimum Gasteiger partial charge on any atom is -0.505 e. The monoisotopic (exact) mass is 247 g/mol. The van der Waals surface area contributed by atoms with E-state index >= 15 is 0 Å². The van der Waals surface area contributed by atoms with Crippen molar-refractivity contribution in [2.24, 2.45) is 4.99 Å². The van der Waals surface area contributed by atoms with Crippen LogP contribution in [0.5, 0.6) is 5.75 Å². The first-order valence-electron chi connectivity index (χ1n) is 5.27. The number of halogens is 2. The third-order valence-corrected chi connectivity index (χ3v) is 2.90. The van der Waals surface area contributed by atoms with Crippen LogP contribution in [0.15, 0.2) is 40.7 Å². The molecule has 1 aliphatic heterocycles. The average Bonchev–Trinajstić information content (AvgIpc) is 2.31. The third kappa shape index (κ3) is 1.55. The maximum atomic E-state index is 13.2. The van der Waals surface area contributed by atoms with E-state index in [9.17, 15) is 18.7 Å². The maximum Gasteiger partial charge on any atom is 0.214 e. The molecule has 0 bridgehead atoms. The second kappa shape index (κ2) is 3.60. The van der Waals surface area contributed by atoms with E-state index in [1.807, 2.05) is 0 Å². The summed E-state index contributed by atoms with van der Waals surface area (Å²) in [7, 11) is 0. The summed E-state index contributed by atoms with van der Waals surface area (Å²) in [5.74, 6) is -2.81. The molecule has 0 saturated carbocycles. The molecule has 90 valence electrons. The first-order valence-corrected chi connectivity index (χ1v) is 5.27. The Morgan fingerprint density at radius 3 is 2.78 bits per heavy atom. The van der Waals surface area contributed by atoms with E-state index in [0.717, 1.165) is 12.1 Å². The van der Waals surface area contributed by atoms with E-state index in [-0.39, 0.29) is 0 Å². The largest absolute Gasteiger partial charge is 0.505 e. The van der Waals surface area contributed by atoms with E-state index in [1.54, 1.807) is 0 Å². The molecular formula is C13H7F2NO2. The lowest BCUT2D eigenvalue weighted by atomic mass is 9.91. The SMILES string of the molecule is O=C1C=C2Cc3cc(O)c(F)cc3N=C2C=C1F. The van der Waals surface area contributed by atoms with Crippen LogP contribution >= 0.6 is 0 Å². The van der Waals surface area contributed by atoms with Crippen molar-refractivity contribution in [1.82, 2.24) is 0 Å². The summed E-state index contributed by atoms with van der Waals surface area (Å²) in [4.78, 5) is 15.3. The smallest absolute Gasteiger partial charge is 0.214 e. The molecule has 2 aliphatic rings. The predicted octanol–water partition coefficient (Wildman–Crippen LogP) is 2.52. The molecule has 3 rings (SSSR count). The number of rotatable bonds is 0. The summed E-state index contributed by atoms with van der Waals surface area (Å²) in [6.45, 7) is 0. The van der Waals surface area contributed by atoms with Gasteiger partial charge in [-0.25, -0.2) is 13.8 Å². The van der Waals surface area contributed by atoms with Gasteiger partial charge in [0.15, 0.2) is 17.4 Å². The Labute approximate surface area is 101 Å². The van der Waals surface area contributed by atoms with Crippen LogP contribution in [0.25, 0.3) is 0 Å². The zero-order valence-corrected chi connectivity index (χ0v) is 9.08. The van der Waals surface area contributed by atoms with E-state index in [2.05, 4.69) is 4.99 Å². The van der Waals surface area contributed by atoms with Crippen LogP contribution in [-0.4, -0.2) is 16.6 Å². The Hall–Kier alpha value is -2.30. The number of phenolic OH excluding ortho intramolecular Hbond substituents is 1. The first kappa shape index (κ1) is 10.8. The van der Waals surface area contributed by atoms with Crippen LogP contribution in [0.1, 0.15) is 5.56 Å². The Morgan fingerprint density at radius 1 is 1.22 bits per heavy atom. The fourth-order valence-electron chi connectivity index (χ4n) is 2.01. The zero-order chi connectivity index (χ0) is 12.9. The number of allylic oxidation sites excluding steroid dienone is 4. The molecule has 0 spiro atoms. The first-order chi connectivity index (χ1) is 8.54. The molecule has 0 unspecified atom stereocenters. The quantitative estimate of drug-likeness (QED) is 0.716. The summed E-state index contributed by atoms with van der Waals surface area (Å²) < 4.78 is 26.3. The van der Waals surface area contributed by atoms with Crippen LogP contribution in [0, 0.1) is 5.82 Å². The van der Waals surface area contributed by atoms with Crippen LogP contribution in [0.4, 0.5) is 14.5 Å². The van der Waals surface area contributed by atoms with Gasteiger partial charge in [0, 0.05) is 18.6 Å². The van der Waals surface area contributed by atoms with Crippen molar-refractivity contribution in [3.05, 3.63) is 47.1 Å². The summed E-state index contributed by atoms with van der Waals surface area (Å²) in [5.41, 5.74) is 1.84. The van der Waals surface area contributed by atoms with E-state index in [4.69, 9.17) is 0 Å².